The van der Waals surface area contributed by atoms with Crippen LogP contribution in [0.1, 0.15) is 12.8 Å². The summed E-state index contributed by atoms with van der Waals surface area (Å²) in [5.41, 5.74) is 0.858. The van der Waals surface area contributed by atoms with Gasteiger partial charge in [-0.15, -0.1) is 0 Å². The lowest BCUT2D eigenvalue weighted by Crippen LogP contribution is -2.45. The van der Waals surface area contributed by atoms with E-state index in [0.717, 1.165) is 0 Å². The summed E-state index contributed by atoms with van der Waals surface area (Å²) in [5, 5.41) is 2.49. The molecule has 1 N–H and O–H groups in total. The first-order valence-corrected chi connectivity index (χ1v) is 10.6. The minimum Gasteiger partial charge on any atom is -0.442 e. The molecule has 1 aromatic rings. The fourth-order valence-electron chi connectivity index (χ4n) is 3.92. The van der Waals surface area contributed by atoms with Crippen LogP contribution in [0.3, 0.4) is 0 Å². The summed E-state index contributed by atoms with van der Waals surface area (Å²) in [6.45, 7) is 2.67. The summed E-state index contributed by atoms with van der Waals surface area (Å²) in [5.74, 6) is -1.52. The largest absolute Gasteiger partial charge is 0.442 e. The number of amides is 2. The van der Waals surface area contributed by atoms with Gasteiger partial charge in [-0.2, -0.15) is 0 Å². The quantitative estimate of drug-likeness (QED) is 0.678. The number of carbonyl (C=O) groups is 2. The summed E-state index contributed by atoms with van der Waals surface area (Å²) in [6.07, 6.45) is 0.155. The number of piperidine rings is 1. The number of alkyl halides is 2. The molecule has 4 rings (SSSR count). The van der Waals surface area contributed by atoms with Gasteiger partial charge in [0.25, 0.3) is 5.91 Å². The van der Waals surface area contributed by atoms with Gasteiger partial charge in [0.05, 0.1) is 37.7 Å². The molecule has 8 nitrogen and oxygen atoms in total. The maximum atomic E-state index is 14.9. The van der Waals surface area contributed by atoms with Gasteiger partial charge >= 0.3 is 6.09 Å². The van der Waals surface area contributed by atoms with Crippen molar-refractivity contribution in [3.05, 3.63) is 24.0 Å². The molecule has 1 atom stereocenters. The summed E-state index contributed by atoms with van der Waals surface area (Å²) in [6, 6.07) is 4.66. The first-order chi connectivity index (χ1) is 14.4. The Morgan fingerprint density at radius 3 is 2.60 bits per heavy atom. The number of benzene rings is 1. The van der Waals surface area contributed by atoms with Crippen LogP contribution in [0.15, 0.2) is 18.2 Å². The van der Waals surface area contributed by atoms with Crippen molar-refractivity contribution < 1.29 is 28.2 Å². The smallest absolute Gasteiger partial charge is 0.414 e. The Kier molecular flexibility index (Phi) is 6.24. The van der Waals surface area contributed by atoms with E-state index in [4.69, 9.17) is 37.4 Å². The third-order valence-electron chi connectivity index (χ3n) is 5.50. The molecule has 3 fully saturated rings. The summed E-state index contributed by atoms with van der Waals surface area (Å²) < 4.78 is 31.5. The summed E-state index contributed by atoms with van der Waals surface area (Å²) in [4.78, 5) is 25.7. The van der Waals surface area contributed by atoms with Crippen LogP contribution >= 0.6 is 23.2 Å². The molecule has 0 bridgehead atoms. The number of nitrogens with one attached hydrogen (secondary N) is 1. The number of hydrogen-bond donors (Lipinski definition) is 1. The highest BCUT2D eigenvalue weighted by Gasteiger charge is 2.40. The van der Waals surface area contributed by atoms with E-state index in [-0.39, 0.29) is 13.1 Å². The number of rotatable bonds is 5. The molecule has 3 heterocycles. The molecule has 2 amide bonds. The standard InChI is InChI=1S/C19H22Cl2FN3O5/c20-16(21)17(26)23-10-13-11-25(18(27)30-13)12-1-2-15(14(22)9-12)24-5-3-19(4-6-24)28-7-8-29-19/h1-2,9,13,16H,3-8,10-11H2,(H,23,26). The SMILES string of the molecule is O=C(NCC1CN(c2ccc(N3CCC4(CC3)OCCO4)c(F)c2)C(=O)O1)C(Cl)Cl. The van der Waals surface area contributed by atoms with E-state index in [1.807, 2.05) is 4.90 Å². The van der Waals surface area contributed by atoms with Gasteiger partial charge < -0.3 is 24.4 Å². The molecule has 30 heavy (non-hydrogen) atoms. The predicted molar refractivity (Wildman–Crippen MR) is 109 cm³/mol. The average molecular weight is 462 g/mol. The summed E-state index contributed by atoms with van der Waals surface area (Å²) >= 11 is 10.9. The number of anilines is 2. The van der Waals surface area contributed by atoms with Crippen LogP contribution in [-0.2, 0) is 19.0 Å². The van der Waals surface area contributed by atoms with Crippen LogP contribution in [0.5, 0.6) is 0 Å². The first kappa shape index (κ1) is 21.4. The molecular formula is C19H22Cl2FN3O5. The normalized spacial score (nSPS) is 23.3. The number of ether oxygens (including phenoxy) is 3. The second-order valence-electron chi connectivity index (χ2n) is 7.39. The number of hydrogen-bond acceptors (Lipinski definition) is 6. The van der Waals surface area contributed by atoms with E-state index in [0.29, 0.717) is 50.5 Å². The van der Waals surface area contributed by atoms with Crippen molar-refractivity contribution in [3.8, 4) is 0 Å². The molecule has 0 saturated carbocycles. The molecule has 0 aliphatic carbocycles. The topological polar surface area (TPSA) is 80.3 Å². The number of carbonyl (C=O) groups excluding carboxylic acids is 2. The Morgan fingerprint density at radius 2 is 1.97 bits per heavy atom. The third kappa shape index (κ3) is 4.44. The number of halogens is 3. The monoisotopic (exact) mass is 461 g/mol. The lowest BCUT2D eigenvalue weighted by atomic mass is 10.0. The fourth-order valence-corrected chi connectivity index (χ4v) is 4.08. The lowest BCUT2D eigenvalue weighted by Gasteiger charge is -2.38. The van der Waals surface area contributed by atoms with Crippen molar-refractivity contribution in [2.45, 2.75) is 29.6 Å². The Labute approximate surface area is 183 Å². The Balaban J connectivity index is 1.37. The predicted octanol–water partition coefficient (Wildman–Crippen LogP) is 2.41. The van der Waals surface area contributed by atoms with Gasteiger partial charge in [-0.3, -0.25) is 9.69 Å². The molecule has 3 aliphatic rings. The second kappa shape index (κ2) is 8.74. The second-order valence-corrected chi connectivity index (χ2v) is 8.49. The van der Waals surface area contributed by atoms with Crippen LogP contribution in [0.25, 0.3) is 0 Å². The molecule has 1 spiro atoms. The van der Waals surface area contributed by atoms with Crippen LogP contribution in [0.4, 0.5) is 20.6 Å². The van der Waals surface area contributed by atoms with Gasteiger partial charge in [0.2, 0.25) is 0 Å². The molecule has 3 saturated heterocycles. The molecule has 1 aromatic carbocycles. The zero-order valence-corrected chi connectivity index (χ0v) is 17.6. The average Bonchev–Trinajstić information content (AvgIpc) is 3.33. The van der Waals surface area contributed by atoms with Gasteiger partial charge in [0, 0.05) is 25.9 Å². The van der Waals surface area contributed by atoms with Crippen molar-refractivity contribution >= 4 is 46.6 Å². The minimum absolute atomic E-state index is 0.0667. The van der Waals surface area contributed by atoms with Crippen molar-refractivity contribution in [2.75, 3.05) is 49.2 Å². The van der Waals surface area contributed by atoms with Crippen molar-refractivity contribution in [3.63, 3.8) is 0 Å². The molecule has 0 aromatic heterocycles. The van der Waals surface area contributed by atoms with Gasteiger partial charge in [-0.05, 0) is 18.2 Å². The van der Waals surface area contributed by atoms with Crippen LogP contribution < -0.4 is 15.1 Å². The van der Waals surface area contributed by atoms with Gasteiger partial charge in [0.1, 0.15) is 11.9 Å². The number of cyclic esters (lactones) is 1. The zero-order chi connectivity index (χ0) is 21.3. The minimum atomic E-state index is -1.20. The van der Waals surface area contributed by atoms with Gasteiger partial charge in [-0.25, -0.2) is 9.18 Å². The molecule has 3 aliphatic heterocycles. The van der Waals surface area contributed by atoms with Gasteiger partial charge in [0.15, 0.2) is 10.6 Å². The van der Waals surface area contributed by atoms with Crippen molar-refractivity contribution in [1.82, 2.24) is 5.32 Å². The summed E-state index contributed by atoms with van der Waals surface area (Å²) in [7, 11) is 0. The van der Waals surface area contributed by atoms with Crippen LogP contribution in [0.2, 0.25) is 0 Å². The molecular weight excluding hydrogens is 440 g/mol. The van der Waals surface area contributed by atoms with E-state index in [2.05, 4.69) is 5.32 Å². The molecule has 11 heteroatoms. The van der Waals surface area contributed by atoms with Gasteiger partial charge in [-0.1, -0.05) is 23.2 Å². The Hall–Kier alpha value is -1.81. The highest BCUT2D eigenvalue weighted by Crippen LogP contribution is 2.35. The maximum Gasteiger partial charge on any atom is 0.414 e. The fraction of sp³-hybridized carbons (Fsp3) is 0.579. The number of nitrogens with zero attached hydrogens (tertiary/aromatic N) is 2. The third-order valence-corrected chi connectivity index (χ3v) is 5.90. The van der Waals surface area contributed by atoms with E-state index >= 15 is 0 Å². The van der Waals surface area contributed by atoms with Crippen molar-refractivity contribution in [2.24, 2.45) is 0 Å². The zero-order valence-electron chi connectivity index (χ0n) is 16.1. The van der Waals surface area contributed by atoms with E-state index in [1.54, 1.807) is 12.1 Å². The highest BCUT2D eigenvalue weighted by atomic mass is 35.5. The van der Waals surface area contributed by atoms with Crippen LogP contribution in [-0.4, -0.2) is 68.1 Å². The van der Waals surface area contributed by atoms with Crippen LogP contribution in [0, 0.1) is 5.82 Å². The Morgan fingerprint density at radius 1 is 1.27 bits per heavy atom. The van der Waals surface area contributed by atoms with E-state index in [1.165, 1.54) is 11.0 Å². The van der Waals surface area contributed by atoms with Crippen molar-refractivity contribution in [1.29, 1.82) is 0 Å². The highest BCUT2D eigenvalue weighted by molar-refractivity contribution is 6.53. The molecule has 1 unspecified atom stereocenters. The maximum absolute atomic E-state index is 14.9. The lowest BCUT2D eigenvalue weighted by molar-refractivity contribution is -0.169. The molecule has 164 valence electrons. The van der Waals surface area contributed by atoms with E-state index < -0.39 is 34.5 Å². The first-order valence-electron chi connectivity index (χ1n) is 9.73. The molecule has 0 radical (unpaired) electrons. The Bertz CT molecular complexity index is 811. The van der Waals surface area contributed by atoms with E-state index in [9.17, 15) is 14.0 Å².